The van der Waals surface area contributed by atoms with Crippen molar-refractivity contribution >= 4 is 5.91 Å². The highest BCUT2D eigenvalue weighted by atomic mass is 19.1. The molecule has 1 rings (SSSR count). The molecule has 0 aromatic heterocycles. The Labute approximate surface area is 83.1 Å². The third-order valence-corrected chi connectivity index (χ3v) is 2.06. The van der Waals surface area contributed by atoms with Crippen molar-refractivity contribution in [3.63, 3.8) is 0 Å². The zero-order valence-electron chi connectivity index (χ0n) is 8.16. The number of benzene rings is 1. The molecule has 1 aromatic rings. The lowest BCUT2D eigenvalue weighted by Gasteiger charge is -2.06. The summed E-state index contributed by atoms with van der Waals surface area (Å²) in [5.74, 6) is -0.541. The molecule has 76 valence electrons. The molecule has 0 aliphatic heterocycles. The number of carbonyl (C=O) groups is 1. The van der Waals surface area contributed by atoms with E-state index in [9.17, 15) is 9.18 Å². The van der Waals surface area contributed by atoms with E-state index in [1.54, 1.807) is 0 Å². The van der Waals surface area contributed by atoms with E-state index in [0.717, 1.165) is 5.56 Å². The average Bonchev–Trinajstić information content (AvgIpc) is 2.26. The van der Waals surface area contributed by atoms with E-state index in [-0.39, 0.29) is 6.42 Å². The van der Waals surface area contributed by atoms with Crippen LogP contribution >= 0.6 is 0 Å². The fourth-order valence-corrected chi connectivity index (χ4v) is 1.23. The predicted molar refractivity (Wildman–Crippen MR) is 53.7 cm³/mol. The van der Waals surface area contributed by atoms with Gasteiger partial charge in [-0.05, 0) is 18.4 Å². The Balaban J connectivity index is 2.38. The first-order chi connectivity index (χ1) is 6.74. The molecule has 1 unspecified atom stereocenters. The molecule has 0 aliphatic carbocycles. The quantitative estimate of drug-likeness (QED) is 0.778. The minimum Gasteiger partial charge on any atom is -0.357 e. The fraction of sp³-hybridized carbons (Fsp3) is 0.364. The van der Waals surface area contributed by atoms with Gasteiger partial charge in [-0.1, -0.05) is 30.3 Å². The highest BCUT2D eigenvalue weighted by Gasteiger charge is 2.14. The van der Waals surface area contributed by atoms with Crippen molar-refractivity contribution in [3.05, 3.63) is 35.9 Å². The molecule has 0 radical (unpaired) electrons. The maximum absolute atomic E-state index is 13.1. The summed E-state index contributed by atoms with van der Waals surface area (Å²) in [5.41, 5.74) is 1.05. The van der Waals surface area contributed by atoms with E-state index in [1.165, 1.54) is 7.05 Å². The van der Waals surface area contributed by atoms with E-state index in [1.807, 2.05) is 30.3 Å². The number of halogens is 1. The van der Waals surface area contributed by atoms with Crippen LogP contribution in [0.1, 0.15) is 12.0 Å². The van der Waals surface area contributed by atoms with Gasteiger partial charge < -0.3 is 5.32 Å². The third-order valence-electron chi connectivity index (χ3n) is 2.06. The van der Waals surface area contributed by atoms with Crippen LogP contribution in [0.25, 0.3) is 0 Å². The number of aryl methyl sites for hydroxylation is 1. The van der Waals surface area contributed by atoms with Crippen LogP contribution in [-0.4, -0.2) is 19.1 Å². The predicted octanol–water partition coefficient (Wildman–Crippen LogP) is 1.70. The molecule has 1 atom stereocenters. The minimum absolute atomic E-state index is 0.240. The van der Waals surface area contributed by atoms with Crippen LogP contribution in [0.3, 0.4) is 0 Å². The van der Waals surface area contributed by atoms with Crippen molar-refractivity contribution in [3.8, 4) is 0 Å². The summed E-state index contributed by atoms with van der Waals surface area (Å²) in [4.78, 5) is 10.8. The highest BCUT2D eigenvalue weighted by Crippen LogP contribution is 2.07. The maximum Gasteiger partial charge on any atom is 0.254 e. The molecule has 0 spiro atoms. The van der Waals surface area contributed by atoms with Crippen LogP contribution in [-0.2, 0) is 11.2 Å². The summed E-state index contributed by atoms with van der Waals surface area (Å²) in [6.07, 6.45) is -0.570. The number of hydrogen-bond donors (Lipinski definition) is 1. The Hall–Kier alpha value is -1.38. The van der Waals surface area contributed by atoms with Crippen molar-refractivity contribution in [1.29, 1.82) is 0 Å². The zero-order valence-corrected chi connectivity index (χ0v) is 8.16. The Bertz CT molecular complexity index is 287. The molecule has 3 heteroatoms. The number of hydrogen-bond acceptors (Lipinski definition) is 1. The number of rotatable bonds is 4. The summed E-state index contributed by atoms with van der Waals surface area (Å²) >= 11 is 0. The van der Waals surface area contributed by atoms with Gasteiger partial charge in [0.15, 0.2) is 6.17 Å². The Morgan fingerprint density at radius 1 is 1.43 bits per heavy atom. The first kappa shape index (κ1) is 10.7. The summed E-state index contributed by atoms with van der Waals surface area (Å²) in [5, 5.41) is 2.29. The molecule has 0 heterocycles. The molecular formula is C11H14FNO. The van der Waals surface area contributed by atoms with Gasteiger partial charge in [-0.2, -0.15) is 0 Å². The van der Waals surface area contributed by atoms with Crippen LogP contribution in [0.4, 0.5) is 4.39 Å². The Kier molecular flexibility index (Phi) is 4.11. The van der Waals surface area contributed by atoms with Gasteiger partial charge in [0, 0.05) is 7.05 Å². The van der Waals surface area contributed by atoms with E-state index in [4.69, 9.17) is 0 Å². The van der Waals surface area contributed by atoms with Crippen molar-refractivity contribution in [2.75, 3.05) is 7.05 Å². The molecule has 1 N–H and O–H groups in total. The Morgan fingerprint density at radius 2 is 2.07 bits per heavy atom. The van der Waals surface area contributed by atoms with Gasteiger partial charge in [0.2, 0.25) is 0 Å². The van der Waals surface area contributed by atoms with Gasteiger partial charge in [0.1, 0.15) is 0 Å². The maximum atomic E-state index is 13.1. The number of amides is 1. The monoisotopic (exact) mass is 195 g/mol. The summed E-state index contributed by atoms with van der Waals surface area (Å²) < 4.78 is 13.1. The number of carbonyl (C=O) groups excluding carboxylic acids is 1. The van der Waals surface area contributed by atoms with Crippen molar-refractivity contribution in [1.82, 2.24) is 5.32 Å². The van der Waals surface area contributed by atoms with Crippen LogP contribution in [0, 0.1) is 0 Å². The lowest BCUT2D eigenvalue weighted by Crippen LogP contribution is -2.28. The van der Waals surface area contributed by atoms with Gasteiger partial charge in [-0.25, -0.2) is 4.39 Å². The molecule has 0 bridgehead atoms. The smallest absolute Gasteiger partial charge is 0.254 e. The topological polar surface area (TPSA) is 29.1 Å². The minimum atomic E-state index is -1.40. The van der Waals surface area contributed by atoms with Gasteiger partial charge in [-0.15, -0.1) is 0 Å². The third kappa shape index (κ3) is 3.17. The second kappa shape index (κ2) is 5.37. The van der Waals surface area contributed by atoms with Crippen LogP contribution in [0.2, 0.25) is 0 Å². The van der Waals surface area contributed by atoms with Gasteiger partial charge in [0.25, 0.3) is 5.91 Å². The standard InChI is InChI=1S/C11H14FNO/c1-13-11(14)10(12)8-7-9-5-3-2-4-6-9/h2-6,10H,7-8H2,1H3,(H,13,14). The van der Waals surface area contributed by atoms with Gasteiger partial charge >= 0.3 is 0 Å². The number of nitrogens with one attached hydrogen (secondary N) is 1. The summed E-state index contributed by atoms with van der Waals surface area (Å²) in [6, 6.07) is 9.58. The molecule has 0 saturated heterocycles. The second-order valence-corrected chi connectivity index (χ2v) is 3.11. The largest absolute Gasteiger partial charge is 0.357 e. The van der Waals surface area contributed by atoms with Gasteiger partial charge in [-0.3, -0.25) is 4.79 Å². The first-order valence-corrected chi connectivity index (χ1v) is 4.63. The SMILES string of the molecule is CNC(=O)C(F)CCc1ccccc1. The molecule has 14 heavy (non-hydrogen) atoms. The summed E-state index contributed by atoms with van der Waals surface area (Å²) in [7, 11) is 1.44. The Morgan fingerprint density at radius 3 is 2.64 bits per heavy atom. The van der Waals surface area contributed by atoms with Crippen LogP contribution in [0.15, 0.2) is 30.3 Å². The van der Waals surface area contributed by atoms with E-state index < -0.39 is 12.1 Å². The lowest BCUT2D eigenvalue weighted by atomic mass is 10.1. The zero-order chi connectivity index (χ0) is 10.4. The van der Waals surface area contributed by atoms with E-state index >= 15 is 0 Å². The lowest BCUT2D eigenvalue weighted by molar-refractivity contribution is -0.125. The summed E-state index contributed by atoms with van der Waals surface area (Å²) in [6.45, 7) is 0. The van der Waals surface area contributed by atoms with Crippen molar-refractivity contribution in [2.24, 2.45) is 0 Å². The molecular weight excluding hydrogens is 181 g/mol. The van der Waals surface area contributed by atoms with Crippen molar-refractivity contribution < 1.29 is 9.18 Å². The molecule has 0 fully saturated rings. The van der Waals surface area contributed by atoms with Gasteiger partial charge in [0.05, 0.1) is 0 Å². The fourth-order valence-electron chi connectivity index (χ4n) is 1.23. The van der Waals surface area contributed by atoms with Crippen LogP contribution in [0.5, 0.6) is 0 Å². The molecule has 1 amide bonds. The molecule has 1 aromatic carbocycles. The molecule has 2 nitrogen and oxygen atoms in total. The first-order valence-electron chi connectivity index (χ1n) is 4.63. The molecule has 0 saturated carbocycles. The highest BCUT2D eigenvalue weighted by molar-refractivity contribution is 5.80. The normalized spacial score (nSPS) is 12.1. The second-order valence-electron chi connectivity index (χ2n) is 3.11. The van der Waals surface area contributed by atoms with Crippen LogP contribution < -0.4 is 5.32 Å². The number of alkyl halides is 1. The average molecular weight is 195 g/mol. The van der Waals surface area contributed by atoms with E-state index in [0.29, 0.717) is 6.42 Å². The molecule has 0 aliphatic rings. The van der Waals surface area contributed by atoms with Crippen molar-refractivity contribution in [2.45, 2.75) is 19.0 Å². The van der Waals surface area contributed by atoms with E-state index in [2.05, 4.69) is 5.32 Å².